The van der Waals surface area contributed by atoms with Crippen molar-refractivity contribution in [2.24, 2.45) is 5.41 Å². The van der Waals surface area contributed by atoms with Crippen molar-refractivity contribution >= 4 is 0 Å². The average molecular weight is 179 g/mol. The maximum atomic E-state index is 3.77. The Bertz CT molecular complexity index is 172. The van der Waals surface area contributed by atoms with Crippen LogP contribution < -0.4 is 0 Å². The molecule has 1 heterocycles. The first-order chi connectivity index (χ1) is 6.35. The number of nitrogens with zero attached hydrogens (tertiary/aromatic N) is 1. The second kappa shape index (κ2) is 3.83. The SMILES string of the molecule is C=CCCN1CCC2(CCC2)CC1. The fourth-order valence-corrected chi connectivity index (χ4v) is 2.70. The minimum Gasteiger partial charge on any atom is -0.303 e. The van der Waals surface area contributed by atoms with Gasteiger partial charge in [0.15, 0.2) is 0 Å². The first-order valence-electron chi connectivity index (χ1n) is 5.68. The molecule has 0 aromatic rings. The van der Waals surface area contributed by atoms with E-state index in [1.807, 2.05) is 6.08 Å². The third-order valence-electron chi connectivity index (χ3n) is 3.98. The Labute approximate surface area is 81.8 Å². The predicted octanol–water partition coefficient (Wildman–Crippen LogP) is 2.83. The van der Waals surface area contributed by atoms with Crippen LogP contribution >= 0.6 is 0 Å². The lowest BCUT2D eigenvalue weighted by atomic mass is 9.63. The van der Waals surface area contributed by atoms with E-state index in [2.05, 4.69) is 11.5 Å². The average Bonchev–Trinajstić information content (AvgIpc) is 2.13. The Morgan fingerprint density at radius 2 is 1.85 bits per heavy atom. The molecule has 0 amide bonds. The topological polar surface area (TPSA) is 3.24 Å². The summed E-state index contributed by atoms with van der Waals surface area (Å²) in [5, 5.41) is 0. The molecule has 0 radical (unpaired) electrons. The quantitative estimate of drug-likeness (QED) is 0.602. The van der Waals surface area contributed by atoms with E-state index in [4.69, 9.17) is 0 Å². The molecule has 2 aliphatic rings. The molecule has 13 heavy (non-hydrogen) atoms. The minimum atomic E-state index is 0.810. The maximum Gasteiger partial charge on any atom is 0.00158 e. The van der Waals surface area contributed by atoms with E-state index in [1.54, 1.807) is 0 Å². The van der Waals surface area contributed by atoms with E-state index in [1.165, 1.54) is 51.7 Å². The molecule has 1 nitrogen and oxygen atoms in total. The minimum absolute atomic E-state index is 0.810. The van der Waals surface area contributed by atoms with Crippen molar-refractivity contribution in [3.05, 3.63) is 12.7 Å². The van der Waals surface area contributed by atoms with Gasteiger partial charge in [-0.3, -0.25) is 0 Å². The number of hydrogen-bond donors (Lipinski definition) is 0. The standard InChI is InChI=1S/C12H21N/c1-2-3-9-13-10-7-12(8-11-13)5-4-6-12/h2H,1,3-11H2. The Hall–Kier alpha value is -0.300. The molecular formula is C12H21N. The summed E-state index contributed by atoms with van der Waals surface area (Å²) in [6.45, 7) is 7.69. The Morgan fingerprint density at radius 3 is 2.31 bits per heavy atom. The molecule has 1 aliphatic heterocycles. The molecule has 1 saturated carbocycles. The van der Waals surface area contributed by atoms with Gasteiger partial charge in [-0.25, -0.2) is 0 Å². The van der Waals surface area contributed by atoms with Gasteiger partial charge in [-0.1, -0.05) is 12.5 Å². The molecule has 0 aromatic carbocycles. The van der Waals surface area contributed by atoms with Gasteiger partial charge in [-0.15, -0.1) is 6.58 Å². The summed E-state index contributed by atoms with van der Waals surface area (Å²) in [5.74, 6) is 0. The van der Waals surface area contributed by atoms with Gasteiger partial charge in [0.1, 0.15) is 0 Å². The second-order valence-electron chi connectivity index (χ2n) is 4.77. The fourth-order valence-electron chi connectivity index (χ4n) is 2.70. The van der Waals surface area contributed by atoms with E-state index >= 15 is 0 Å². The van der Waals surface area contributed by atoms with E-state index in [-0.39, 0.29) is 0 Å². The van der Waals surface area contributed by atoms with Crippen molar-refractivity contribution in [1.82, 2.24) is 4.90 Å². The van der Waals surface area contributed by atoms with Crippen molar-refractivity contribution in [2.45, 2.75) is 38.5 Å². The van der Waals surface area contributed by atoms with Crippen LogP contribution in [0.3, 0.4) is 0 Å². The van der Waals surface area contributed by atoms with E-state index in [0.29, 0.717) is 0 Å². The van der Waals surface area contributed by atoms with Gasteiger partial charge in [0.25, 0.3) is 0 Å². The number of likely N-dealkylation sites (tertiary alicyclic amines) is 1. The largest absolute Gasteiger partial charge is 0.303 e. The first kappa shape index (κ1) is 9.26. The third-order valence-corrected chi connectivity index (χ3v) is 3.98. The lowest BCUT2D eigenvalue weighted by Crippen LogP contribution is -2.43. The maximum absolute atomic E-state index is 3.77. The van der Waals surface area contributed by atoms with Crippen molar-refractivity contribution < 1.29 is 0 Å². The van der Waals surface area contributed by atoms with Crippen LogP contribution in [-0.4, -0.2) is 24.5 Å². The number of piperidine rings is 1. The van der Waals surface area contributed by atoms with E-state index < -0.39 is 0 Å². The summed E-state index contributed by atoms with van der Waals surface area (Å²) >= 11 is 0. The van der Waals surface area contributed by atoms with Gasteiger partial charge in [0, 0.05) is 6.54 Å². The molecule has 2 rings (SSSR count). The summed E-state index contributed by atoms with van der Waals surface area (Å²) in [5.41, 5.74) is 0.810. The number of hydrogen-bond acceptors (Lipinski definition) is 1. The normalized spacial score (nSPS) is 27.1. The molecule has 0 unspecified atom stereocenters. The van der Waals surface area contributed by atoms with Gasteiger partial charge in [-0.05, 0) is 50.6 Å². The molecular weight excluding hydrogens is 158 g/mol. The molecule has 74 valence electrons. The third kappa shape index (κ3) is 1.96. The number of rotatable bonds is 3. The Kier molecular flexibility index (Phi) is 2.73. The molecule has 1 spiro atoms. The molecule has 0 N–H and O–H groups in total. The fraction of sp³-hybridized carbons (Fsp3) is 0.833. The van der Waals surface area contributed by atoms with Crippen molar-refractivity contribution in [3.8, 4) is 0 Å². The highest BCUT2D eigenvalue weighted by atomic mass is 15.1. The molecule has 1 aliphatic carbocycles. The molecule has 0 bridgehead atoms. The highest BCUT2D eigenvalue weighted by Crippen LogP contribution is 2.48. The van der Waals surface area contributed by atoms with Crippen LogP contribution in [0.1, 0.15) is 38.5 Å². The van der Waals surface area contributed by atoms with Gasteiger partial charge in [0.05, 0.1) is 0 Å². The van der Waals surface area contributed by atoms with Crippen molar-refractivity contribution in [2.75, 3.05) is 19.6 Å². The van der Waals surface area contributed by atoms with Crippen LogP contribution in [0.15, 0.2) is 12.7 Å². The smallest absolute Gasteiger partial charge is 0.00158 e. The summed E-state index contributed by atoms with van der Waals surface area (Å²) in [7, 11) is 0. The summed E-state index contributed by atoms with van der Waals surface area (Å²) < 4.78 is 0. The summed E-state index contributed by atoms with van der Waals surface area (Å²) in [6.07, 6.45) is 10.6. The monoisotopic (exact) mass is 179 g/mol. The molecule has 1 heteroatoms. The van der Waals surface area contributed by atoms with Crippen molar-refractivity contribution in [3.63, 3.8) is 0 Å². The van der Waals surface area contributed by atoms with Crippen molar-refractivity contribution in [1.29, 1.82) is 0 Å². The molecule has 2 fully saturated rings. The molecule has 0 atom stereocenters. The van der Waals surface area contributed by atoms with Crippen LogP contribution in [0.5, 0.6) is 0 Å². The van der Waals surface area contributed by atoms with E-state index in [9.17, 15) is 0 Å². The zero-order valence-electron chi connectivity index (χ0n) is 8.60. The van der Waals surface area contributed by atoms with Gasteiger partial charge < -0.3 is 4.90 Å². The van der Waals surface area contributed by atoms with Gasteiger partial charge >= 0.3 is 0 Å². The van der Waals surface area contributed by atoms with Gasteiger partial charge in [-0.2, -0.15) is 0 Å². The van der Waals surface area contributed by atoms with Gasteiger partial charge in [0.2, 0.25) is 0 Å². The Morgan fingerprint density at radius 1 is 1.15 bits per heavy atom. The van der Waals surface area contributed by atoms with E-state index in [0.717, 1.165) is 11.8 Å². The molecule has 0 aromatic heterocycles. The van der Waals surface area contributed by atoms with Crippen LogP contribution in [0, 0.1) is 5.41 Å². The zero-order valence-corrected chi connectivity index (χ0v) is 8.60. The summed E-state index contributed by atoms with van der Waals surface area (Å²) in [6, 6.07) is 0. The van der Waals surface area contributed by atoms with Crippen LogP contribution in [-0.2, 0) is 0 Å². The highest BCUT2D eigenvalue weighted by molar-refractivity contribution is 4.92. The first-order valence-corrected chi connectivity index (χ1v) is 5.68. The Balaban J connectivity index is 1.72. The lowest BCUT2D eigenvalue weighted by molar-refractivity contribution is 0.0342. The summed E-state index contributed by atoms with van der Waals surface area (Å²) in [4.78, 5) is 2.60. The lowest BCUT2D eigenvalue weighted by Gasteiger charge is -2.48. The molecule has 1 saturated heterocycles. The van der Waals surface area contributed by atoms with Crippen LogP contribution in [0.2, 0.25) is 0 Å². The predicted molar refractivity (Wildman–Crippen MR) is 56.8 cm³/mol. The van der Waals surface area contributed by atoms with Crippen LogP contribution in [0.4, 0.5) is 0 Å². The zero-order chi connectivity index (χ0) is 9.15. The highest BCUT2D eigenvalue weighted by Gasteiger charge is 2.39. The van der Waals surface area contributed by atoms with Crippen LogP contribution in [0.25, 0.3) is 0 Å². The second-order valence-corrected chi connectivity index (χ2v) is 4.77.